The highest BCUT2D eigenvalue weighted by atomic mass is 16.5. The summed E-state index contributed by atoms with van der Waals surface area (Å²) in [4.78, 5) is 11.4. The highest BCUT2D eigenvalue weighted by Crippen LogP contribution is 2.34. The van der Waals surface area contributed by atoms with E-state index in [0.717, 1.165) is 38.7 Å². The van der Waals surface area contributed by atoms with Gasteiger partial charge >= 0.3 is 0 Å². The predicted molar refractivity (Wildman–Crippen MR) is 87.9 cm³/mol. The fourth-order valence-corrected chi connectivity index (χ4v) is 3.63. The Hall–Kier alpha value is -1.72. The summed E-state index contributed by atoms with van der Waals surface area (Å²) in [6.45, 7) is 4.75. The second-order valence-corrected chi connectivity index (χ2v) is 6.86. The Morgan fingerprint density at radius 2 is 2.26 bits per heavy atom. The highest BCUT2D eigenvalue weighted by Gasteiger charge is 2.31. The molecule has 1 atom stereocenters. The minimum atomic E-state index is 0.404. The van der Waals surface area contributed by atoms with Crippen molar-refractivity contribution in [3.8, 4) is 0 Å². The standard InChI is InChI=1S/C18H24N4O/c1-23-12-16-10-21(8-15-3-2-6-19-7-15)11-17-18(16)22(13-20-17)9-14-4-5-14/h2-3,6-7,13-14,16H,4-5,8-12H2,1H3/t16-/m0/s1. The molecule has 2 aromatic rings. The molecule has 0 spiro atoms. The molecule has 3 heterocycles. The van der Waals surface area contributed by atoms with Crippen LogP contribution in [0.25, 0.3) is 0 Å². The normalized spacial score (nSPS) is 21.3. The summed E-state index contributed by atoms with van der Waals surface area (Å²) in [7, 11) is 1.79. The van der Waals surface area contributed by atoms with E-state index in [9.17, 15) is 0 Å². The molecule has 1 aliphatic carbocycles. The third-order valence-electron chi connectivity index (χ3n) is 4.85. The first kappa shape index (κ1) is 14.8. The third-order valence-corrected chi connectivity index (χ3v) is 4.85. The van der Waals surface area contributed by atoms with Crippen molar-refractivity contribution in [2.45, 2.75) is 38.4 Å². The van der Waals surface area contributed by atoms with Crippen LogP contribution in [0.2, 0.25) is 0 Å². The quantitative estimate of drug-likeness (QED) is 0.822. The van der Waals surface area contributed by atoms with Crippen LogP contribution in [0.15, 0.2) is 30.9 Å². The van der Waals surface area contributed by atoms with Crippen LogP contribution in [-0.4, -0.2) is 39.7 Å². The molecular weight excluding hydrogens is 288 g/mol. The van der Waals surface area contributed by atoms with Crippen molar-refractivity contribution >= 4 is 0 Å². The molecule has 0 amide bonds. The molecule has 0 aromatic carbocycles. The summed E-state index contributed by atoms with van der Waals surface area (Å²) in [5, 5.41) is 0. The summed E-state index contributed by atoms with van der Waals surface area (Å²) >= 11 is 0. The molecule has 0 bridgehead atoms. The third kappa shape index (κ3) is 3.31. The molecule has 1 aliphatic heterocycles. The summed E-state index contributed by atoms with van der Waals surface area (Å²) in [6.07, 6.45) is 8.56. The number of rotatable bonds is 6. The Balaban J connectivity index is 1.54. The molecule has 2 aliphatic rings. The maximum atomic E-state index is 5.50. The number of imidazole rings is 1. The lowest BCUT2D eigenvalue weighted by atomic mass is 9.98. The Labute approximate surface area is 137 Å². The van der Waals surface area contributed by atoms with Gasteiger partial charge in [-0.05, 0) is 30.4 Å². The molecule has 0 unspecified atom stereocenters. The van der Waals surface area contributed by atoms with Gasteiger partial charge in [-0.2, -0.15) is 0 Å². The van der Waals surface area contributed by atoms with Crippen LogP contribution in [0.4, 0.5) is 0 Å². The lowest BCUT2D eigenvalue weighted by Gasteiger charge is -2.33. The van der Waals surface area contributed by atoms with Gasteiger partial charge in [-0.1, -0.05) is 6.07 Å². The minimum absolute atomic E-state index is 0.404. The van der Waals surface area contributed by atoms with Crippen LogP contribution in [0.1, 0.15) is 35.7 Å². The van der Waals surface area contributed by atoms with Crippen molar-refractivity contribution in [3.05, 3.63) is 47.8 Å². The van der Waals surface area contributed by atoms with E-state index in [-0.39, 0.29) is 0 Å². The van der Waals surface area contributed by atoms with Crippen molar-refractivity contribution in [3.63, 3.8) is 0 Å². The molecule has 2 aromatic heterocycles. The number of aromatic nitrogens is 3. The topological polar surface area (TPSA) is 43.2 Å². The molecule has 23 heavy (non-hydrogen) atoms. The molecule has 0 radical (unpaired) electrons. The molecule has 1 fully saturated rings. The minimum Gasteiger partial charge on any atom is -0.384 e. The van der Waals surface area contributed by atoms with E-state index in [1.165, 1.54) is 29.8 Å². The van der Waals surface area contributed by atoms with E-state index in [1.54, 1.807) is 7.11 Å². The van der Waals surface area contributed by atoms with Gasteiger partial charge in [0, 0.05) is 57.3 Å². The van der Waals surface area contributed by atoms with E-state index in [4.69, 9.17) is 9.72 Å². The fourth-order valence-electron chi connectivity index (χ4n) is 3.63. The number of fused-ring (bicyclic) bond motifs is 1. The van der Waals surface area contributed by atoms with Gasteiger partial charge in [0.1, 0.15) is 0 Å². The zero-order valence-electron chi connectivity index (χ0n) is 13.7. The molecule has 5 heteroatoms. The van der Waals surface area contributed by atoms with E-state index >= 15 is 0 Å². The van der Waals surface area contributed by atoms with E-state index in [2.05, 4.69) is 20.5 Å². The van der Waals surface area contributed by atoms with Crippen LogP contribution >= 0.6 is 0 Å². The van der Waals surface area contributed by atoms with Gasteiger partial charge in [0.25, 0.3) is 0 Å². The molecule has 0 N–H and O–H groups in total. The molecule has 4 rings (SSSR count). The monoisotopic (exact) mass is 312 g/mol. The van der Waals surface area contributed by atoms with E-state index < -0.39 is 0 Å². The van der Waals surface area contributed by atoms with Gasteiger partial charge in [0.15, 0.2) is 0 Å². The highest BCUT2D eigenvalue weighted by molar-refractivity contribution is 5.23. The van der Waals surface area contributed by atoms with Gasteiger partial charge < -0.3 is 9.30 Å². The lowest BCUT2D eigenvalue weighted by Crippen LogP contribution is -2.36. The van der Waals surface area contributed by atoms with Crippen LogP contribution in [0.5, 0.6) is 0 Å². The number of pyridine rings is 1. The fraction of sp³-hybridized carbons (Fsp3) is 0.556. The Morgan fingerprint density at radius 3 is 3.00 bits per heavy atom. The average molecular weight is 312 g/mol. The number of ether oxygens (including phenoxy) is 1. The molecule has 1 saturated carbocycles. The Bertz CT molecular complexity index is 650. The first-order chi connectivity index (χ1) is 11.3. The van der Waals surface area contributed by atoms with E-state index in [1.807, 2.05) is 24.8 Å². The molecular formula is C18H24N4O. The van der Waals surface area contributed by atoms with Crippen molar-refractivity contribution < 1.29 is 4.74 Å². The first-order valence-corrected chi connectivity index (χ1v) is 8.47. The number of methoxy groups -OCH3 is 1. The lowest BCUT2D eigenvalue weighted by molar-refractivity contribution is 0.131. The summed E-state index contributed by atoms with van der Waals surface area (Å²) in [5.74, 6) is 1.27. The Morgan fingerprint density at radius 1 is 1.35 bits per heavy atom. The SMILES string of the molecule is COC[C@@H]1CN(Cc2cccnc2)Cc2ncn(CC3CC3)c21. The zero-order valence-corrected chi connectivity index (χ0v) is 13.7. The van der Waals surface area contributed by atoms with Gasteiger partial charge in [0.2, 0.25) is 0 Å². The van der Waals surface area contributed by atoms with Crippen molar-refractivity contribution in [2.24, 2.45) is 5.92 Å². The van der Waals surface area contributed by atoms with Gasteiger partial charge in [-0.25, -0.2) is 4.98 Å². The zero-order chi connectivity index (χ0) is 15.6. The van der Waals surface area contributed by atoms with Crippen molar-refractivity contribution in [2.75, 3.05) is 20.3 Å². The maximum Gasteiger partial charge on any atom is 0.0952 e. The summed E-state index contributed by atoms with van der Waals surface area (Å²) in [6, 6.07) is 4.14. The van der Waals surface area contributed by atoms with Crippen molar-refractivity contribution in [1.29, 1.82) is 0 Å². The van der Waals surface area contributed by atoms with E-state index in [0.29, 0.717) is 5.92 Å². The van der Waals surface area contributed by atoms with Crippen LogP contribution in [-0.2, 0) is 24.4 Å². The van der Waals surface area contributed by atoms with Crippen LogP contribution in [0.3, 0.4) is 0 Å². The maximum absolute atomic E-state index is 5.50. The number of hydrogen-bond acceptors (Lipinski definition) is 4. The Kier molecular flexibility index (Phi) is 4.14. The van der Waals surface area contributed by atoms with Gasteiger partial charge in [-0.3, -0.25) is 9.88 Å². The summed E-state index contributed by atoms with van der Waals surface area (Å²) in [5.41, 5.74) is 3.88. The van der Waals surface area contributed by atoms with Gasteiger partial charge in [0.05, 0.1) is 18.6 Å². The van der Waals surface area contributed by atoms with Crippen molar-refractivity contribution in [1.82, 2.24) is 19.4 Å². The molecule has 5 nitrogen and oxygen atoms in total. The van der Waals surface area contributed by atoms with Crippen LogP contribution in [0, 0.1) is 5.92 Å². The number of hydrogen-bond donors (Lipinski definition) is 0. The van der Waals surface area contributed by atoms with Gasteiger partial charge in [-0.15, -0.1) is 0 Å². The molecule has 0 saturated heterocycles. The summed E-state index contributed by atoms with van der Waals surface area (Å²) < 4.78 is 7.89. The second kappa shape index (κ2) is 6.42. The predicted octanol–water partition coefficient (Wildman–Crippen LogP) is 2.43. The first-order valence-electron chi connectivity index (χ1n) is 8.47. The smallest absolute Gasteiger partial charge is 0.0952 e. The average Bonchev–Trinajstić information content (AvgIpc) is 3.28. The van der Waals surface area contributed by atoms with Crippen LogP contribution < -0.4 is 0 Å². The molecule has 122 valence electrons. The second-order valence-electron chi connectivity index (χ2n) is 6.86. The number of nitrogens with zero attached hydrogens (tertiary/aromatic N) is 4. The largest absolute Gasteiger partial charge is 0.384 e.